The van der Waals surface area contributed by atoms with Gasteiger partial charge in [0.2, 0.25) is 0 Å². The van der Waals surface area contributed by atoms with Crippen molar-refractivity contribution in [1.29, 1.82) is 0 Å². The van der Waals surface area contributed by atoms with Crippen molar-refractivity contribution in [3.05, 3.63) is 29.8 Å². The third-order valence-electron chi connectivity index (χ3n) is 1.96. The van der Waals surface area contributed by atoms with Gasteiger partial charge in [0.05, 0.1) is 16.1 Å². The second kappa shape index (κ2) is 4.28. The van der Waals surface area contributed by atoms with Crippen molar-refractivity contribution in [1.82, 2.24) is 0 Å². The third-order valence-corrected chi connectivity index (χ3v) is 4.90. The van der Waals surface area contributed by atoms with Crippen molar-refractivity contribution in [3.63, 3.8) is 0 Å². The monoisotopic (exact) mass is 226 g/mol. The molecule has 2 nitrogen and oxygen atoms in total. The Bertz CT molecular complexity index is 324. The fraction of sp³-hybridized carbons (Fsp3) is 0.300. The van der Waals surface area contributed by atoms with Gasteiger partial charge in [-0.05, 0) is 17.7 Å². The lowest BCUT2D eigenvalue weighted by atomic mass is 10.2. The Labute approximate surface area is 91.1 Å². The maximum Gasteiger partial charge on any atom is 0.152 e. The van der Waals surface area contributed by atoms with Crippen molar-refractivity contribution >= 4 is 29.3 Å². The minimum Gasteiger partial charge on any atom is -0.508 e. The molecule has 1 N–H and O–H groups in total. The summed E-state index contributed by atoms with van der Waals surface area (Å²) in [5.41, 5.74) is 1.17. The van der Waals surface area contributed by atoms with Crippen molar-refractivity contribution in [2.24, 2.45) is 0 Å². The Morgan fingerprint density at radius 2 is 1.71 bits per heavy atom. The molecular formula is C10H10O2S2. The van der Waals surface area contributed by atoms with Gasteiger partial charge < -0.3 is 5.11 Å². The van der Waals surface area contributed by atoms with Crippen LogP contribution in [0.1, 0.15) is 10.1 Å². The predicted molar refractivity (Wildman–Crippen MR) is 60.8 cm³/mol. The van der Waals surface area contributed by atoms with Crippen LogP contribution in [0.5, 0.6) is 5.75 Å². The average molecular weight is 226 g/mol. The van der Waals surface area contributed by atoms with Gasteiger partial charge in [-0.25, -0.2) is 0 Å². The van der Waals surface area contributed by atoms with Gasteiger partial charge in [-0.3, -0.25) is 4.79 Å². The van der Waals surface area contributed by atoms with Crippen molar-refractivity contribution in [3.8, 4) is 5.75 Å². The lowest BCUT2D eigenvalue weighted by Crippen LogP contribution is -2.12. The fourth-order valence-corrected chi connectivity index (χ4v) is 3.75. The number of hydrogen-bond acceptors (Lipinski definition) is 4. The Balaban J connectivity index is 2.08. The Kier molecular flexibility index (Phi) is 3.03. The van der Waals surface area contributed by atoms with Gasteiger partial charge in [0.1, 0.15) is 5.75 Å². The number of rotatable bonds is 1. The molecule has 0 atom stereocenters. The van der Waals surface area contributed by atoms with E-state index in [-0.39, 0.29) is 5.75 Å². The molecule has 1 aromatic rings. The van der Waals surface area contributed by atoms with Crippen LogP contribution in [-0.4, -0.2) is 22.4 Å². The van der Waals surface area contributed by atoms with Crippen LogP contribution in [0.15, 0.2) is 24.3 Å². The molecule has 0 bridgehead atoms. The van der Waals surface area contributed by atoms with Crippen LogP contribution in [0.4, 0.5) is 0 Å². The molecule has 0 spiro atoms. The zero-order valence-corrected chi connectivity index (χ0v) is 9.11. The van der Waals surface area contributed by atoms with E-state index >= 15 is 0 Å². The molecular weight excluding hydrogens is 216 g/mol. The highest BCUT2D eigenvalue weighted by molar-refractivity contribution is 8.18. The minimum atomic E-state index is 0.288. The third kappa shape index (κ3) is 2.25. The second-order valence-electron chi connectivity index (χ2n) is 3.08. The van der Waals surface area contributed by atoms with E-state index in [1.165, 1.54) is 5.56 Å². The van der Waals surface area contributed by atoms with Crippen molar-refractivity contribution < 1.29 is 9.90 Å². The number of phenolic OH excluding ortho intramolecular Hbond substituents is 1. The van der Waals surface area contributed by atoms with Crippen LogP contribution in [0.25, 0.3) is 0 Å². The summed E-state index contributed by atoms with van der Waals surface area (Å²) in [5, 5.41) is 9.13. The molecule has 0 amide bonds. The molecule has 1 aliphatic heterocycles. The molecule has 1 aromatic carbocycles. The van der Waals surface area contributed by atoms with Crippen LogP contribution in [0, 0.1) is 0 Å². The minimum absolute atomic E-state index is 0.288. The van der Waals surface area contributed by atoms with Gasteiger partial charge in [-0.15, -0.1) is 23.5 Å². The first-order valence-electron chi connectivity index (χ1n) is 4.29. The molecule has 1 aliphatic rings. The lowest BCUT2D eigenvalue weighted by Gasteiger charge is -2.20. The van der Waals surface area contributed by atoms with Gasteiger partial charge in [0, 0.05) is 0 Å². The SMILES string of the molecule is O=C1CSC(c2ccc(O)cc2)SC1. The zero-order valence-electron chi connectivity index (χ0n) is 7.47. The number of carbonyl (C=O) groups is 1. The maximum atomic E-state index is 11.0. The van der Waals surface area contributed by atoms with Gasteiger partial charge in [-0.2, -0.15) is 0 Å². The first-order chi connectivity index (χ1) is 6.75. The summed E-state index contributed by atoms with van der Waals surface area (Å²) >= 11 is 3.32. The highest BCUT2D eigenvalue weighted by atomic mass is 32.2. The summed E-state index contributed by atoms with van der Waals surface area (Å²) < 4.78 is 0.341. The summed E-state index contributed by atoms with van der Waals surface area (Å²) in [6.07, 6.45) is 0. The molecule has 2 rings (SSSR count). The van der Waals surface area contributed by atoms with Crippen LogP contribution in [0.3, 0.4) is 0 Å². The summed E-state index contributed by atoms with van der Waals surface area (Å²) in [6.45, 7) is 0. The topological polar surface area (TPSA) is 37.3 Å². The van der Waals surface area contributed by atoms with E-state index in [0.29, 0.717) is 21.9 Å². The van der Waals surface area contributed by atoms with Gasteiger partial charge in [0.25, 0.3) is 0 Å². The standard InChI is InChI=1S/C10H10O2S2/c11-8-3-1-7(2-4-8)10-13-5-9(12)6-14-10/h1-4,10-11H,5-6H2. The van der Waals surface area contributed by atoms with E-state index in [4.69, 9.17) is 5.11 Å². The van der Waals surface area contributed by atoms with Crippen LogP contribution in [0.2, 0.25) is 0 Å². The van der Waals surface area contributed by atoms with Gasteiger partial charge in [-0.1, -0.05) is 12.1 Å². The van der Waals surface area contributed by atoms with Crippen molar-refractivity contribution in [2.45, 2.75) is 4.58 Å². The van der Waals surface area contributed by atoms with E-state index < -0.39 is 0 Å². The molecule has 0 unspecified atom stereocenters. The normalized spacial score (nSPS) is 18.4. The number of aromatic hydroxyl groups is 1. The van der Waals surface area contributed by atoms with Gasteiger partial charge in [0.15, 0.2) is 5.78 Å². The number of benzene rings is 1. The number of ketones is 1. The van der Waals surface area contributed by atoms with Crippen LogP contribution < -0.4 is 0 Å². The first kappa shape index (κ1) is 9.93. The number of phenols is 1. The number of hydrogen-bond donors (Lipinski definition) is 1. The molecule has 1 heterocycles. The molecule has 1 saturated heterocycles. The summed E-state index contributed by atoms with van der Waals surface area (Å²) in [4.78, 5) is 11.0. The summed E-state index contributed by atoms with van der Waals surface area (Å²) in [7, 11) is 0. The zero-order chi connectivity index (χ0) is 9.97. The highest BCUT2D eigenvalue weighted by Crippen LogP contribution is 2.42. The number of Topliss-reactive ketones (excluding diaryl/α,β-unsaturated/α-hetero) is 1. The van der Waals surface area contributed by atoms with Crippen molar-refractivity contribution in [2.75, 3.05) is 11.5 Å². The molecule has 0 saturated carbocycles. The van der Waals surface area contributed by atoms with Crippen LogP contribution >= 0.6 is 23.5 Å². The number of carbonyl (C=O) groups excluding carboxylic acids is 1. The Hall–Kier alpha value is -0.610. The quantitative estimate of drug-likeness (QED) is 0.798. The summed E-state index contributed by atoms with van der Waals surface area (Å²) in [5.74, 6) is 1.82. The predicted octanol–water partition coefficient (Wildman–Crippen LogP) is 2.44. The Morgan fingerprint density at radius 3 is 2.29 bits per heavy atom. The van der Waals surface area contributed by atoms with E-state index in [2.05, 4.69) is 0 Å². The molecule has 4 heteroatoms. The second-order valence-corrected chi connectivity index (χ2v) is 5.57. The lowest BCUT2D eigenvalue weighted by molar-refractivity contribution is -0.114. The average Bonchev–Trinajstić information content (AvgIpc) is 2.21. The van der Waals surface area contributed by atoms with Gasteiger partial charge >= 0.3 is 0 Å². The number of thioether (sulfide) groups is 2. The molecule has 1 fully saturated rings. The molecule has 14 heavy (non-hydrogen) atoms. The van der Waals surface area contributed by atoms with Crippen LogP contribution in [-0.2, 0) is 4.79 Å². The van der Waals surface area contributed by atoms with E-state index in [9.17, 15) is 4.79 Å². The highest BCUT2D eigenvalue weighted by Gasteiger charge is 2.20. The molecule has 74 valence electrons. The molecule has 0 radical (unpaired) electrons. The molecule has 0 aromatic heterocycles. The first-order valence-corrected chi connectivity index (χ1v) is 6.39. The largest absolute Gasteiger partial charge is 0.508 e. The van der Waals surface area contributed by atoms with E-state index in [1.54, 1.807) is 35.7 Å². The molecule has 0 aliphatic carbocycles. The smallest absolute Gasteiger partial charge is 0.152 e. The Morgan fingerprint density at radius 1 is 1.14 bits per heavy atom. The van der Waals surface area contributed by atoms with E-state index in [1.807, 2.05) is 12.1 Å². The fourth-order valence-electron chi connectivity index (χ4n) is 1.25. The maximum absolute atomic E-state index is 11.0. The summed E-state index contributed by atoms with van der Waals surface area (Å²) in [6, 6.07) is 7.20. The van der Waals surface area contributed by atoms with E-state index in [0.717, 1.165) is 0 Å².